The standard InChI is InChI=1S/C27H26ClN3O3S/c1-4-16(2)19-7-12-24-23(14-19)30-26(34-24)18-5-8-20(9-6-18)29-27(35)31-25(32)15-33-21-10-11-22(28)17(3)13-21/h5-14,16H,4,15H2,1-3H3,(H2,29,31,32,35). The fourth-order valence-corrected chi connectivity index (χ4v) is 3.84. The number of fused-ring (bicyclic) bond motifs is 1. The summed E-state index contributed by atoms with van der Waals surface area (Å²) in [4.78, 5) is 16.8. The number of oxazole rings is 1. The van der Waals surface area contributed by atoms with Crippen LogP contribution in [0.3, 0.4) is 0 Å². The van der Waals surface area contributed by atoms with Gasteiger partial charge in [0.15, 0.2) is 17.3 Å². The number of nitrogens with zero attached hydrogens (tertiary/aromatic N) is 1. The summed E-state index contributed by atoms with van der Waals surface area (Å²) in [6, 6.07) is 18.8. The van der Waals surface area contributed by atoms with Crippen molar-refractivity contribution >= 4 is 51.6 Å². The molecular weight excluding hydrogens is 482 g/mol. The van der Waals surface area contributed by atoms with Crippen LogP contribution in [-0.4, -0.2) is 22.6 Å². The van der Waals surface area contributed by atoms with Crippen molar-refractivity contribution in [1.29, 1.82) is 0 Å². The first-order valence-corrected chi connectivity index (χ1v) is 12.1. The number of halogens is 1. The van der Waals surface area contributed by atoms with Crippen LogP contribution in [0.15, 0.2) is 65.1 Å². The second-order valence-electron chi connectivity index (χ2n) is 8.33. The molecule has 8 heteroatoms. The molecule has 1 amide bonds. The van der Waals surface area contributed by atoms with Crippen molar-refractivity contribution in [3.63, 3.8) is 0 Å². The van der Waals surface area contributed by atoms with E-state index in [1.165, 1.54) is 5.56 Å². The van der Waals surface area contributed by atoms with Gasteiger partial charge in [-0.15, -0.1) is 0 Å². The molecule has 3 aromatic carbocycles. The van der Waals surface area contributed by atoms with Crippen molar-refractivity contribution in [2.75, 3.05) is 11.9 Å². The third-order valence-electron chi connectivity index (χ3n) is 5.74. The summed E-state index contributed by atoms with van der Waals surface area (Å²) in [5.74, 6) is 1.22. The van der Waals surface area contributed by atoms with Gasteiger partial charge in [-0.05, 0) is 97.2 Å². The van der Waals surface area contributed by atoms with E-state index in [2.05, 4.69) is 41.6 Å². The van der Waals surface area contributed by atoms with E-state index in [1.807, 2.05) is 37.3 Å². The maximum atomic E-state index is 12.2. The van der Waals surface area contributed by atoms with Gasteiger partial charge in [-0.1, -0.05) is 31.5 Å². The molecule has 6 nitrogen and oxygen atoms in total. The van der Waals surface area contributed by atoms with Gasteiger partial charge in [0, 0.05) is 16.3 Å². The fraction of sp³-hybridized carbons (Fsp3) is 0.222. The summed E-state index contributed by atoms with van der Waals surface area (Å²) in [5, 5.41) is 6.42. The summed E-state index contributed by atoms with van der Waals surface area (Å²) >= 11 is 11.3. The van der Waals surface area contributed by atoms with Crippen LogP contribution in [0.2, 0.25) is 5.02 Å². The number of aromatic nitrogens is 1. The maximum Gasteiger partial charge on any atom is 0.264 e. The number of carbonyl (C=O) groups excluding carboxylic acids is 1. The van der Waals surface area contributed by atoms with Gasteiger partial charge in [0.2, 0.25) is 5.89 Å². The Hall–Kier alpha value is -3.42. The number of thiocarbonyl (C=S) groups is 1. The molecule has 0 fully saturated rings. The van der Waals surface area contributed by atoms with Crippen molar-refractivity contribution in [3.05, 3.63) is 76.8 Å². The molecule has 0 spiro atoms. The third kappa shape index (κ3) is 6.18. The molecule has 0 radical (unpaired) electrons. The summed E-state index contributed by atoms with van der Waals surface area (Å²) in [7, 11) is 0. The van der Waals surface area contributed by atoms with Gasteiger partial charge in [0.05, 0.1) is 0 Å². The van der Waals surface area contributed by atoms with Crippen molar-refractivity contribution < 1.29 is 13.9 Å². The Kier molecular flexibility index (Phi) is 7.68. The molecule has 1 atom stereocenters. The first kappa shape index (κ1) is 24.7. The minimum Gasteiger partial charge on any atom is -0.484 e. The zero-order valence-corrected chi connectivity index (χ0v) is 21.3. The lowest BCUT2D eigenvalue weighted by molar-refractivity contribution is -0.121. The van der Waals surface area contributed by atoms with Crippen molar-refractivity contribution in [1.82, 2.24) is 10.3 Å². The van der Waals surface area contributed by atoms with Gasteiger partial charge in [0.25, 0.3) is 5.91 Å². The number of rotatable bonds is 7. The quantitative estimate of drug-likeness (QED) is 0.266. The first-order valence-electron chi connectivity index (χ1n) is 11.3. The highest BCUT2D eigenvalue weighted by Gasteiger charge is 2.12. The topological polar surface area (TPSA) is 76.4 Å². The average molecular weight is 508 g/mol. The first-order chi connectivity index (χ1) is 16.8. The van der Waals surface area contributed by atoms with Gasteiger partial charge in [-0.25, -0.2) is 4.98 Å². The average Bonchev–Trinajstić information content (AvgIpc) is 3.28. The maximum absolute atomic E-state index is 12.2. The number of amides is 1. The van der Waals surface area contributed by atoms with Crippen LogP contribution < -0.4 is 15.4 Å². The lowest BCUT2D eigenvalue weighted by Crippen LogP contribution is -2.37. The Balaban J connectivity index is 1.33. The number of ether oxygens (including phenoxy) is 1. The number of benzene rings is 3. The molecule has 0 bridgehead atoms. The van der Waals surface area contributed by atoms with E-state index >= 15 is 0 Å². The van der Waals surface area contributed by atoms with Gasteiger partial charge < -0.3 is 14.5 Å². The third-order valence-corrected chi connectivity index (χ3v) is 6.36. The molecule has 0 aliphatic rings. The Bertz CT molecular complexity index is 1370. The predicted molar refractivity (Wildman–Crippen MR) is 144 cm³/mol. The molecule has 0 aliphatic carbocycles. The van der Waals surface area contributed by atoms with Crippen LogP contribution in [0.1, 0.15) is 37.3 Å². The van der Waals surface area contributed by atoms with E-state index in [-0.39, 0.29) is 17.6 Å². The highest BCUT2D eigenvalue weighted by Crippen LogP contribution is 2.28. The van der Waals surface area contributed by atoms with Crippen molar-refractivity contribution in [2.45, 2.75) is 33.1 Å². The Labute approximate surface area is 214 Å². The SMILES string of the molecule is CCC(C)c1ccc2oc(-c3ccc(NC(=S)NC(=O)COc4ccc(Cl)c(C)c4)cc3)nc2c1. The molecule has 2 N–H and O–H groups in total. The summed E-state index contributed by atoms with van der Waals surface area (Å²) in [5.41, 5.74) is 5.30. The predicted octanol–water partition coefficient (Wildman–Crippen LogP) is 6.86. The molecule has 35 heavy (non-hydrogen) atoms. The number of hydrogen-bond acceptors (Lipinski definition) is 5. The number of carbonyl (C=O) groups is 1. The monoisotopic (exact) mass is 507 g/mol. The zero-order valence-electron chi connectivity index (χ0n) is 19.7. The van der Waals surface area contributed by atoms with Gasteiger partial charge in [-0.3, -0.25) is 10.1 Å². The lowest BCUT2D eigenvalue weighted by atomic mass is 9.98. The van der Waals surface area contributed by atoms with Crippen LogP contribution >= 0.6 is 23.8 Å². The summed E-state index contributed by atoms with van der Waals surface area (Å²) in [6.07, 6.45) is 1.07. The molecule has 4 rings (SSSR count). The molecule has 180 valence electrons. The molecule has 1 aromatic heterocycles. The van der Waals surface area contributed by atoms with Gasteiger partial charge >= 0.3 is 0 Å². The van der Waals surface area contributed by atoms with Crippen LogP contribution in [0.4, 0.5) is 5.69 Å². The van der Waals surface area contributed by atoms with E-state index in [9.17, 15) is 4.79 Å². The number of aryl methyl sites for hydroxylation is 1. The van der Waals surface area contributed by atoms with E-state index in [1.54, 1.807) is 18.2 Å². The molecule has 1 heterocycles. The number of hydrogen-bond donors (Lipinski definition) is 2. The Morgan fingerprint density at radius 3 is 2.63 bits per heavy atom. The normalized spacial score (nSPS) is 11.8. The van der Waals surface area contributed by atoms with Crippen molar-refractivity contribution in [2.24, 2.45) is 0 Å². The molecule has 4 aromatic rings. The van der Waals surface area contributed by atoms with Crippen molar-refractivity contribution in [3.8, 4) is 17.2 Å². The Morgan fingerprint density at radius 1 is 1.14 bits per heavy atom. The van der Waals surface area contributed by atoms with Crippen LogP contribution in [0.25, 0.3) is 22.6 Å². The molecular formula is C27H26ClN3O3S. The van der Waals surface area contributed by atoms with E-state index in [0.717, 1.165) is 34.3 Å². The van der Waals surface area contributed by atoms with Gasteiger partial charge in [0.1, 0.15) is 11.3 Å². The molecule has 1 unspecified atom stereocenters. The minimum absolute atomic E-state index is 0.168. The Morgan fingerprint density at radius 2 is 1.91 bits per heavy atom. The van der Waals surface area contributed by atoms with Gasteiger partial charge in [-0.2, -0.15) is 0 Å². The summed E-state index contributed by atoms with van der Waals surface area (Å²) in [6.45, 7) is 6.08. The highest BCUT2D eigenvalue weighted by atomic mass is 35.5. The largest absolute Gasteiger partial charge is 0.484 e. The van der Waals surface area contributed by atoms with E-state index < -0.39 is 0 Å². The summed E-state index contributed by atoms with van der Waals surface area (Å²) < 4.78 is 11.4. The smallest absolute Gasteiger partial charge is 0.264 e. The fourth-order valence-electron chi connectivity index (χ4n) is 3.49. The molecule has 0 saturated heterocycles. The second kappa shape index (κ2) is 10.9. The molecule has 0 saturated carbocycles. The highest BCUT2D eigenvalue weighted by molar-refractivity contribution is 7.80. The van der Waals surface area contributed by atoms with Crippen LogP contribution in [0, 0.1) is 6.92 Å². The van der Waals surface area contributed by atoms with Crippen LogP contribution in [0.5, 0.6) is 5.75 Å². The number of anilines is 1. The zero-order chi connectivity index (χ0) is 24.9. The lowest BCUT2D eigenvalue weighted by Gasteiger charge is -2.11. The van der Waals surface area contributed by atoms with Crippen LogP contribution in [-0.2, 0) is 4.79 Å². The minimum atomic E-state index is -0.366. The van der Waals surface area contributed by atoms with E-state index in [0.29, 0.717) is 22.6 Å². The second-order valence-corrected chi connectivity index (χ2v) is 9.15. The number of nitrogens with one attached hydrogen (secondary N) is 2. The molecule has 0 aliphatic heterocycles. The van der Waals surface area contributed by atoms with E-state index in [4.69, 9.17) is 33.0 Å².